The van der Waals surface area contributed by atoms with E-state index in [0.29, 0.717) is 24.5 Å². The van der Waals surface area contributed by atoms with Crippen LogP contribution in [-0.4, -0.2) is 11.2 Å². The second-order valence-electron chi connectivity index (χ2n) is 7.43. The molecule has 0 aliphatic rings. The van der Waals surface area contributed by atoms with Gasteiger partial charge in [-0.05, 0) is 46.5 Å². The molecule has 0 saturated heterocycles. The first-order valence-corrected chi connectivity index (χ1v) is 10.4. The second kappa shape index (κ2) is 9.35. The predicted molar refractivity (Wildman–Crippen MR) is 125 cm³/mol. The molecule has 1 N–H and O–H groups in total. The highest BCUT2D eigenvalue weighted by Gasteiger charge is 2.28. The maximum atomic E-state index is 12.4. The van der Waals surface area contributed by atoms with Gasteiger partial charge in [0.1, 0.15) is 12.4 Å². The highest BCUT2D eigenvalue weighted by molar-refractivity contribution is 5.90. The van der Waals surface area contributed by atoms with Crippen molar-refractivity contribution in [3.8, 4) is 5.75 Å². The minimum Gasteiger partial charge on any atom is -0.487 e. The van der Waals surface area contributed by atoms with Crippen LogP contribution in [0, 0.1) is 0 Å². The van der Waals surface area contributed by atoms with E-state index in [1.165, 1.54) is 4.90 Å². The number of amides is 1. The summed E-state index contributed by atoms with van der Waals surface area (Å²) in [7, 11) is 0. The molecule has 0 heterocycles. The molecule has 0 radical (unpaired) electrons. The van der Waals surface area contributed by atoms with Gasteiger partial charge in [0, 0.05) is 0 Å². The molecule has 4 heteroatoms. The third kappa shape index (κ3) is 4.53. The van der Waals surface area contributed by atoms with E-state index in [1.54, 1.807) is 6.07 Å². The Morgan fingerprint density at radius 3 is 2.29 bits per heavy atom. The van der Waals surface area contributed by atoms with Crippen molar-refractivity contribution in [2.24, 2.45) is 0 Å². The van der Waals surface area contributed by atoms with Crippen molar-refractivity contribution in [1.82, 2.24) is 0 Å². The van der Waals surface area contributed by atoms with Crippen molar-refractivity contribution in [2.75, 3.05) is 4.90 Å². The van der Waals surface area contributed by atoms with Gasteiger partial charge in [-0.2, -0.15) is 0 Å². The summed E-state index contributed by atoms with van der Waals surface area (Å²) in [6.07, 6.45) is -0.367. The quantitative estimate of drug-likeness (QED) is 0.354. The van der Waals surface area contributed by atoms with Crippen molar-refractivity contribution in [3.05, 3.63) is 108 Å². The zero-order valence-electron chi connectivity index (χ0n) is 17.4. The number of para-hydroxylation sites is 2. The van der Waals surface area contributed by atoms with E-state index in [1.807, 2.05) is 85.8 Å². The molecule has 4 nitrogen and oxygen atoms in total. The number of hydrogen-bond donors (Lipinski definition) is 1. The summed E-state index contributed by atoms with van der Waals surface area (Å²) in [6.45, 7) is 2.38. The van der Waals surface area contributed by atoms with Crippen LogP contribution in [0.5, 0.6) is 5.75 Å². The van der Waals surface area contributed by atoms with Crippen LogP contribution in [0.1, 0.15) is 30.5 Å². The first-order chi connectivity index (χ1) is 15.2. The summed E-state index contributed by atoms with van der Waals surface area (Å²) in [5, 5.41) is 12.4. The number of benzene rings is 4. The lowest BCUT2D eigenvalue weighted by atomic mass is 9.98. The highest BCUT2D eigenvalue weighted by Crippen LogP contribution is 2.37. The number of hydrogen-bond acceptors (Lipinski definition) is 2. The maximum Gasteiger partial charge on any atom is 0.412 e. The summed E-state index contributed by atoms with van der Waals surface area (Å²) < 4.78 is 6.05. The van der Waals surface area contributed by atoms with E-state index in [2.05, 4.69) is 12.1 Å². The summed E-state index contributed by atoms with van der Waals surface area (Å²) in [4.78, 5) is 13.9. The second-order valence-corrected chi connectivity index (χ2v) is 7.43. The Kier molecular flexibility index (Phi) is 6.18. The van der Waals surface area contributed by atoms with E-state index in [4.69, 9.17) is 4.74 Å². The van der Waals surface area contributed by atoms with E-state index in [9.17, 15) is 9.90 Å². The van der Waals surface area contributed by atoms with Gasteiger partial charge in [0.15, 0.2) is 0 Å². The Morgan fingerprint density at radius 2 is 1.55 bits per heavy atom. The van der Waals surface area contributed by atoms with Gasteiger partial charge in [-0.15, -0.1) is 0 Å². The minimum absolute atomic E-state index is 0.330. The zero-order chi connectivity index (χ0) is 21.6. The fraction of sp³-hybridized carbons (Fsp3) is 0.148. The Bertz CT molecular complexity index is 1170. The van der Waals surface area contributed by atoms with Gasteiger partial charge in [0.25, 0.3) is 0 Å². The van der Waals surface area contributed by atoms with E-state index < -0.39 is 6.09 Å². The Labute approximate surface area is 182 Å². The SMILES string of the molecule is CCC(c1ccc2ccccc2c1)N(C(=O)O)c1ccccc1OCc1ccccc1. The summed E-state index contributed by atoms with van der Waals surface area (Å²) >= 11 is 0. The van der Waals surface area contributed by atoms with Gasteiger partial charge in [-0.1, -0.05) is 85.8 Å². The Morgan fingerprint density at radius 1 is 0.871 bits per heavy atom. The van der Waals surface area contributed by atoms with Crippen LogP contribution in [0.15, 0.2) is 97.1 Å². The molecule has 0 fully saturated rings. The normalized spacial score (nSPS) is 11.8. The molecule has 1 atom stereocenters. The largest absolute Gasteiger partial charge is 0.487 e. The van der Waals surface area contributed by atoms with Gasteiger partial charge in [0.05, 0.1) is 11.7 Å². The number of fused-ring (bicyclic) bond motifs is 1. The van der Waals surface area contributed by atoms with E-state index >= 15 is 0 Å². The predicted octanol–water partition coefficient (Wildman–Crippen LogP) is 7.05. The van der Waals surface area contributed by atoms with Crippen molar-refractivity contribution < 1.29 is 14.6 Å². The van der Waals surface area contributed by atoms with Crippen molar-refractivity contribution in [1.29, 1.82) is 0 Å². The molecule has 0 aromatic heterocycles. The van der Waals surface area contributed by atoms with Crippen LogP contribution in [0.2, 0.25) is 0 Å². The van der Waals surface area contributed by atoms with Crippen LogP contribution >= 0.6 is 0 Å². The van der Waals surface area contributed by atoms with Crippen LogP contribution < -0.4 is 9.64 Å². The van der Waals surface area contributed by atoms with Crippen molar-refractivity contribution in [2.45, 2.75) is 26.0 Å². The molecule has 0 aliphatic heterocycles. The molecule has 0 saturated carbocycles. The van der Waals surface area contributed by atoms with Gasteiger partial charge in [-0.25, -0.2) is 4.79 Å². The molecular weight excluding hydrogens is 386 g/mol. The summed E-state index contributed by atoms with van der Waals surface area (Å²) in [5.41, 5.74) is 2.54. The third-order valence-corrected chi connectivity index (χ3v) is 5.42. The number of carboxylic acid groups (broad SMARTS) is 1. The van der Waals surface area contributed by atoms with Crippen molar-refractivity contribution >= 4 is 22.6 Å². The average Bonchev–Trinajstić information content (AvgIpc) is 2.81. The number of rotatable bonds is 7. The fourth-order valence-electron chi connectivity index (χ4n) is 3.90. The molecular formula is C27H25NO3. The zero-order valence-corrected chi connectivity index (χ0v) is 17.4. The fourth-order valence-corrected chi connectivity index (χ4v) is 3.90. The first kappa shape index (κ1) is 20.5. The number of ether oxygens (including phenoxy) is 1. The maximum absolute atomic E-state index is 12.4. The molecule has 0 bridgehead atoms. The van der Waals surface area contributed by atoms with Crippen LogP contribution in [0.25, 0.3) is 10.8 Å². The molecule has 4 aromatic rings. The van der Waals surface area contributed by atoms with Crippen LogP contribution in [0.4, 0.5) is 10.5 Å². The topological polar surface area (TPSA) is 49.8 Å². The minimum atomic E-state index is -1.00. The lowest BCUT2D eigenvalue weighted by molar-refractivity contribution is 0.198. The lowest BCUT2D eigenvalue weighted by Crippen LogP contribution is -2.33. The summed E-state index contributed by atoms with van der Waals surface area (Å²) in [6, 6.07) is 31.1. The molecule has 156 valence electrons. The van der Waals surface area contributed by atoms with Gasteiger partial charge in [0.2, 0.25) is 0 Å². The lowest BCUT2D eigenvalue weighted by Gasteiger charge is -2.30. The molecule has 4 aromatic carbocycles. The van der Waals surface area contributed by atoms with Gasteiger partial charge < -0.3 is 9.84 Å². The Hall–Kier alpha value is -3.79. The van der Waals surface area contributed by atoms with Gasteiger partial charge >= 0.3 is 6.09 Å². The first-order valence-electron chi connectivity index (χ1n) is 10.4. The van der Waals surface area contributed by atoms with E-state index in [0.717, 1.165) is 21.9 Å². The van der Waals surface area contributed by atoms with Gasteiger partial charge in [-0.3, -0.25) is 4.90 Å². The number of carbonyl (C=O) groups is 1. The monoisotopic (exact) mass is 411 g/mol. The highest BCUT2D eigenvalue weighted by atomic mass is 16.5. The number of anilines is 1. The van der Waals surface area contributed by atoms with Crippen molar-refractivity contribution in [3.63, 3.8) is 0 Å². The standard InChI is InChI=1S/C27H25NO3/c1-2-24(23-17-16-21-12-6-7-13-22(21)18-23)28(27(29)30)25-14-8-9-15-26(25)31-19-20-10-4-3-5-11-20/h3-18,24H,2,19H2,1H3,(H,29,30). The molecule has 0 aliphatic carbocycles. The molecule has 0 spiro atoms. The number of nitrogens with zero attached hydrogens (tertiary/aromatic N) is 1. The molecule has 1 amide bonds. The van der Waals surface area contributed by atoms with Crippen LogP contribution in [0.3, 0.4) is 0 Å². The van der Waals surface area contributed by atoms with Crippen LogP contribution in [-0.2, 0) is 6.61 Å². The molecule has 1 unspecified atom stereocenters. The molecule has 31 heavy (non-hydrogen) atoms. The summed E-state index contributed by atoms with van der Waals surface area (Å²) in [5.74, 6) is 0.549. The Balaban J connectivity index is 1.69. The average molecular weight is 412 g/mol. The third-order valence-electron chi connectivity index (χ3n) is 5.42. The molecule has 4 rings (SSSR count). The smallest absolute Gasteiger partial charge is 0.412 e. The van der Waals surface area contributed by atoms with E-state index in [-0.39, 0.29) is 6.04 Å².